The molecule has 2 aromatic carbocycles. The molecular weight excluding hydrogens is 384 g/mol. The van der Waals surface area contributed by atoms with Crippen molar-refractivity contribution >= 4 is 40.6 Å². The highest BCUT2D eigenvalue weighted by Crippen LogP contribution is 2.35. The molecule has 3 rings (SSSR count). The Labute approximate surface area is 168 Å². The molecule has 0 aliphatic carbocycles. The topological polar surface area (TPSA) is 50.8 Å². The minimum Gasteiger partial charge on any atom is -0.497 e. The monoisotopic (exact) mass is 402 g/mol. The summed E-state index contributed by atoms with van der Waals surface area (Å²) in [4.78, 5) is 14.4. The molecule has 1 aliphatic heterocycles. The molecule has 0 fully saturated rings. The first-order chi connectivity index (χ1) is 13.0. The highest BCUT2D eigenvalue weighted by atomic mass is 35.5. The number of thiocarbonyl (C=S) groups is 1. The van der Waals surface area contributed by atoms with Gasteiger partial charge in [0.15, 0.2) is 5.11 Å². The Balaban J connectivity index is 2.09. The molecule has 1 heterocycles. The Kier molecular flexibility index (Phi) is 5.68. The standard InChI is InChI=1S/C20H19ClN2O3S/c1-12-17(19(24)26-3)18(13-4-10-16(25-2)11-5-13)22-20(27)23(12)15-8-6-14(21)7-9-15/h4-11,18H,1-3H3,(H,22,27)/t18-/m0/s1. The minimum atomic E-state index is -0.417. The Morgan fingerprint density at radius 1 is 1.11 bits per heavy atom. The maximum atomic E-state index is 12.6. The molecule has 0 unspecified atom stereocenters. The van der Waals surface area contributed by atoms with Crippen LogP contribution in [0.4, 0.5) is 5.69 Å². The lowest BCUT2D eigenvalue weighted by atomic mass is 9.94. The van der Waals surface area contributed by atoms with E-state index in [4.69, 9.17) is 33.3 Å². The summed E-state index contributed by atoms with van der Waals surface area (Å²) < 4.78 is 10.3. The van der Waals surface area contributed by atoms with Gasteiger partial charge in [0.25, 0.3) is 0 Å². The molecule has 7 heteroatoms. The molecular formula is C20H19ClN2O3S. The third kappa shape index (κ3) is 3.77. The van der Waals surface area contributed by atoms with Gasteiger partial charge in [0.05, 0.1) is 25.8 Å². The first kappa shape index (κ1) is 19.2. The van der Waals surface area contributed by atoms with Gasteiger partial charge in [0, 0.05) is 16.4 Å². The SMILES string of the molecule is COC(=O)C1=C(C)N(c2ccc(Cl)cc2)C(=S)N[C@H]1c1ccc(OC)cc1. The van der Waals surface area contributed by atoms with Crippen molar-refractivity contribution < 1.29 is 14.3 Å². The molecule has 0 saturated carbocycles. The largest absolute Gasteiger partial charge is 0.497 e. The van der Waals surface area contributed by atoms with E-state index in [-0.39, 0.29) is 0 Å². The molecule has 1 atom stereocenters. The summed E-state index contributed by atoms with van der Waals surface area (Å²) in [5.74, 6) is 0.322. The van der Waals surface area contributed by atoms with Gasteiger partial charge in [-0.2, -0.15) is 0 Å². The lowest BCUT2D eigenvalue weighted by molar-refractivity contribution is -0.136. The number of hydrogen-bond acceptors (Lipinski definition) is 4. The van der Waals surface area contributed by atoms with Gasteiger partial charge in [-0.05, 0) is 61.1 Å². The van der Waals surface area contributed by atoms with Gasteiger partial charge in [-0.25, -0.2) is 4.79 Å². The molecule has 0 amide bonds. The van der Waals surface area contributed by atoms with E-state index < -0.39 is 12.0 Å². The number of nitrogens with one attached hydrogen (secondary N) is 1. The number of allylic oxidation sites excluding steroid dienone is 1. The molecule has 0 saturated heterocycles. The zero-order valence-electron chi connectivity index (χ0n) is 15.2. The van der Waals surface area contributed by atoms with Crippen LogP contribution in [0.15, 0.2) is 59.8 Å². The van der Waals surface area contributed by atoms with Crippen LogP contribution in [0.3, 0.4) is 0 Å². The van der Waals surface area contributed by atoms with Crippen LogP contribution in [0.1, 0.15) is 18.5 Å². The number of ether oxygens (including phenoxy) is 2. The Bertz CT molecular complexity index is 894. The third-order valence-corrected chi connectivity index (χ3v) is 4.98. The quantitative estimate of drug-likeness (QED) is 0.610. The van der Waals surface area contributed by atoms with Gasteiger partial charge < -0.3 is 14.8 Å². The van der Waals surface area contributed by atoms with Gasteiger partial charge in [0.1, 0.15) is 5.75 Å². The first-order valence-corrected chi connectivity index (χ1v) is 9.04. The minimum absolute atomic E-state index is 0.415. The predicted molar refractivity (Wildman–Crippen MR) is 110 cm³/mol. The van der Waals surface area contributed by atoms with Crippen LogP contribution in [0.5, 0.6) is 5.75 Å². The molecule has 0 spiro atoms. The smallest absolute Gasteiger partial charge is 0.337 e. The second-order valence-electron chi connectivity index (χ2n) is 5.96. The fourth-order valence-electron chi connectivity index (χ4n) is 3.06. The van der Waals surface area contributed by atoms with Crippen molar-refractivity contribution in [3.63, 3.8) is 0 Å². The lowest BCUT2D eigenvalue weighted by Gasteiger charge is -2.37. The van der Waals surface area contributed by atoms with Crippen molar-refractivity contribution in [3.05, 3.63) is 70.4 Å². The lowest BCUT2D eigenvalue weighted by Crippen LogP contribution is -2.48. The van der Waals surface area contributed by atoms with Crippen molar-refractivity contribution in [1.29, 1.82) is 0 Å². The van der Waals surface area contributed by atoms with E-state index in [1.807, 2.05) is 43.3 Å². The van der Waals surface area contributed by atoms with E-state index in [1.54, 1.807) is 24.1 Å². The van der Waals surface area contributed by atoms with Gasteiger partial charge in [-0.1, -0.05) is 23.7 Å². The van der Waals surface area contributed by atoms with Crippen molar-refractivity contribution in [2.45, 2.75) is 13.0 Å². The zero-order chi connectivity index (χ0) is 19.6. The van der Waals surface area contributed by atoms with E-state index in [0.29, 0.717) is 21.4 Å². The maximum absolute atomic E-state index is 12.6. The Morgan fingerprint density at radius 2 is 1.74 bits per heavy atom. The summed E-state index contributed by atoms with van der Waals surface area (Å²) in [6.45, 7) is 1.85. The van der Waals surface area contributed by atoms with Gasteiger partial charge in [-0.3, -0.25) is 4.90 Å². The van der Waals surface area contributed by atoms with E-state index in [2.05, 4.69) is 5.32 Å². The fourth-order valence-corrected chi connectivity index (χ4v) is 3.55. The Hall–Kier alpha value is -2.57. The van der Waals surface area contributed by atoms with Crippen LogP contribution >= 0.6 is 23.8 Å². The van der Waals surface area contributed by atoms with Crippen LogP contribution in [0.2, 0.25) is 5.02 Å². The van der Waals surface area contributed by atoms with E-state index in [0.717, 1.165) is 17.0 Å². The molecule has 0 bridgehead atoms. The molecule has 140 valence electrons. The van der Waals surface area contributed by atoms with Crippen LogP contribution in [0.25, 0.3) is 0 Å². The summed E-state index contributed by atoms with van der Waals surface area (Å²) >= 11 is 11.6. The van der Waals surface area contributed by atoms with E-state index in [9.17, 15) is 4.79 Å². The molecule has 0 radical (unpaired) electrons. The second-order valence-corrected chi connectivity index (χ2v) is 6.78. The van der Waals surface area contributed by atoms with Crippen LogP contribution in [0, 0.1) is 0 Å². The number of hydrogen-bond donors (Lipinski definition) is 1. The number of carbonyl (C=O) groups is 1. The molecule has 27 heavy (non-hydrogen) atoms. The zero-order valence-corrected chi connectivity index (χ0v) is 16.7. The predicted octanol–water partition coefficient (Wildman–Crippen LogP) is 4.23. The summed E-state index contributed by atoms with van der Waals surface area (Å²) in [5.41, 5.74) is 2.89. The summed E-state index contributed by atoms with van der Waals surface area (Å²) in [5, 5.41) is 4.37. The molecule has 5 nitrogen and oxygen atoms in total. The average molecular weight is 403 g/mol. The molecule has 0 aromatic heterocycles. The second kappa shape index (κ2) is 7.98. The molecule has 1 aliphatic rings. The number of rotatable bonds is 4. The normalized spacial score (nSPS) is 16.8. The average Bonchev–Trinajstić information content (AvgIpc) is 2.68. The molecule has 1 N–H and O–H groups in total. The van der Waals surface area contributed by atoms with Gasteiger partial charge in [-0.15, -0.1) is 0 Å². The number of nitrogens with zero attached hydrogens (tertiary/aromatic N) is 1. The van der Waals surface area contributed by atoms with Crippen molar-refractivity contribution in [1.82, 2.24) is 5.32 Å². The number of benzene rings is 2. The van der Waals surface area contributed by atoms with Crippen molar-refractivity contribution in [2.24, 2.45) is 0 Å². The van der Waals surface area contributed by atoms with Crippen molar-refractivity contribution in [2.75, 3.05) is 19.1 Å². The number of halogens is 1. The molecule has 2 aromatic rings. The summed E-state index contributed by atoms with van der Waals surface area (Å²) in [6, 6.07) is 14.3. The Morgan fingerprint density at radius 3 is 2.30 bits per heavy atom. The number of carbonyl (C=O) groups excluding carboxylic acids is 1. The number of anilines is 1. The third-order valence-electron chi connectivity index (χ3n) is 4.42. The highest BCUT2D eigenvalue weighted by molar-refractivity contribution is 7.80. The van der Waals surface area contributed by atoms with E-state index in [1.165, 1.54) is 7.11 Å². The number of esters is 1. The summed E-state index contributed by atoms with van der Waals surface area (Å²) in [7, 11) is 2.98. The fraction of sp³-hybridized carbons (Fsp3) is 0.200. The van der Waals surface area contributed by atoms with Crippen LogP contribution in [-0.4, -0.2) is 25.3 Å². The van der Waals surface area contributed by atoms with Gasteiger partial charge in [0.2, 0.25) is 0 Å². The first-order valence-electron chi connectivity index (χ1n) is 8.25. The highest BCUT2D eigenvalue weighted by Gasteiger charge is 2.35. The van der Waals surface area contributed by atoms with Gasteiger partial charge >= 0.3 is 5.97 Å². The summed E-state index contributed by atoms with van der Waals surface area (Å²) in [6.07, 6.45) is 0. The van der Waals surface area contributed by atoms with Crippen LogP contribution < -0.4 is 15.0 Å². The van der Waals surface area contributed by atoms with Crippen molar-refractivity contribution in [3.8, 4) is 5.75 Å². The van der Waals surface area contributed by atoms with Crippen LogP contribution in [-0.2, 0) is 9.53 Å². The van der Waals surface area contributed by atoms with E-state index >= 15 is 0 Å². The number of methoxy groups -OCH3 is 2. The maximum Gasteiger partial charge on any atom is 0.337 e.